The van der Waals surface area contributed by atoms with Gasteiger partial charge in [0.2, 0.25) is 11.8 Å². The van der Waals surface area contributed by atoms with Gasteiger partial charge in [0, 0.05) is 35.5 Å². The Morgan fingerprint density at radius 1 is 0.952 bits per heavy atom. The van der Waals surface area contributed by atoms with E-state index in [0.717, 1.165) is 47.3 Å². The van der Waals surface area contributed by atoms with Crippen LogP contribution in [0.5, 0.6) is 0 Å². The fourth-order valence-corrected chi connectivity index (χ4v) is 6.16. The van der Waals surface area contributed by atoms with Crippen molar-refractivity contribution in [3.05, 3.63) is 53.9 Å². The van der Waals surface area contributed by atoms with E-state index in [0.29, 0.717) is 5.82 Å². The molecule has 1 unspecified atom stereocenters. The normalized spacial score (nSPS) is 20.9. The second-order valence-corrected chi connectivity index (χ2v) is 13.0. The Kier molecular flexibility index (Phi) is 10.5. The van der Waals surface area contributed by atoms with Crippen LogP contribution >= 0.6 is 0 Å². The van der Waals surface area contributed by atoms with Crippen molar-refractivity contribution in [3.63, 3.8) is 0 Å². The van der Waals surface area contributed by atoms with Crippen LogP contribution in [0, 0.1) is 23.2 Å². The zero-order valence-corrected chi connectivity index (χ0v) is 25.6. The minimum Gasteiger partial charge on any atom is -0.480 e. The molecule has 1 saturated carbocycles. The molecule has 1 atom stereocenters. The second kappa shape index (κ2) is 14.1. The Bertz CT molecular complexity index is 1260. The highest BCUT2D eigenvalue weighted by Gasteiger charge is 2.28. The largest absolute Gasteiger partial charge is 0.480 e. The Balaban J connectivity index is 1.33. The number of nitrogens with zero attached hydrogens (tertiary/aromatic N) is 3. The van der Waals surface area contributed by atoms with Gasteiger partial charge in [0.25, 0.3) is 0 Å². The van der Waals surface area contributed by atoms with Crippen LogP contribution in [0.1, 0.15) is 90.2 Å². The summed E-state index contributed by atoms with van der Waals surface area (Å²) in [5, 5.41) is 11.9. The number of amides is 2. The first-order chi connectivity index (χ1) is 20.0. The number of rotatable bonds is 10. The van der Waals surface area contributed by atoms with Gasteiger partial charge in [-0.2, -0.15) is 0 Å². The Morgan fingerprint density at radius 2 is 1.62 bits per heavy atom. The minimum absolute atomic E-state index is 0.117. The third kappa shape index (κ3) is 8.49. The van der Waals surface area contributed by atoms with Gasteiger partial charge < -0.3 is 15.3 Å². The minimum atomic E-state index is -1.11. The number of allylic oxidation sites excluding steroid dienone is 2. The Hall–Kier alpha value is -3.55. The zero-order chi connectivity index (χ0) is 30.3. The molecule has 2 N–H and O–H groups in total. The van der Waals surface area contributed by atoms with Crippen molar-refractivity contribution in [2.24, 2.45) is 23.2 Å². The van der Waals surface area contributed by atoms with Crippen molar-refractivity contribution in [1.29, 1.82) is 0 Å². The van der Waals surface area contributed by atoms with Gasteiger partial charge in [-0.15, -0.1) is 0 Å². The van der Waals surface area contributed by atoms with Crippen molar-refractivity contribution < 1.29 is 19.5 Å². The van der Waals surface area contributed by atoms with Gasteiger partial charge in [0.05, 0.1) is 6.54 Å². The van der Waals surface area contributed by atoms with Gasteiger partial charge in [-0.1, -0.05) is 77.3 Å². The molecule has 2 aromatic rings. The summed E-state index contributed by atoms with van der Waals surface area (Å²) < 4.78 is 0. The summed E-state index contributed by atoms with van der Waals surface area (Å²) in [7, 11) is 0. The van der Waals surface area contributed by atoms with E-state index in [4.69, 9.17) is 0 Å². The fourth-order valence-electron chi connectivity index (χ4n) is 6.16. The SMILES string of the molecule is CCC1CCC(C2CC=C(c3cnc(-c4ccc(CN(CC(=O)O)C(=O)CNC(=O)C(C)(C)C)cc4)nc3)CC2)CC1. The number of benzene rings is 1. The van der Waals surface area contributed by atoms with E-state index in [1.807, 2.05) is 36.7 Å². The van der Waals surface area contributed by atoms with E-state index in [1.54, 1.807) is 20.8 Å². The highest BCUT2D eigenvalue weighted by atomic mass is 16.4. The molecule has 2 aliphatic carbocycles. The van der Waals surface area contributed by atoms with Gasteiger partial charge in [0.15, 0.2) is 5.82 Å². The summed E-state index contributed by atoms with van der Waals surface area (Å²) in [5.74, 6) is 1.43. The highest BCUT2D eigenvalue weighted by molar-refractivity contribution is 5.88. The molecule has 2 aliphatic rings. The molecule has 226 valence electrons. The number of carbonyl (C=O) groups excluding carboxylic acids is 2. The van der Waals surface area contributed by atoms with Crippen LogP contribution in [0.25, 0.3) is 17.0 Å². The molecule has 0 saturated heterocycles. The molecule has 42 heavy (non-hydrogen) atoms. The third-order valence-corrected chi connectivity index (χ3v) is 8.96. The molecule has 0 bridgehead atoms. The van der Waals surface area contributed by atoms with Gasteiger partial charge in [-0.05, 0) is 61.0 Å². The number of hydrogen-bond acceptors (Lipinski definition) is 5. The Morgan fingerprint density at radius 3 is 2.17 bits per heavy atom. The average Bonchev–Trinajstić information content (AvgIpc) is 2.99. The van der Waals surface area contributed by atoms with Gasteiger partial charge >= 0.3 is 5.97 Å². The van der Waals surface area contributed by atoms with Crippen LogP contribution in [0.15, 0.2) is 42.7 Å². The maximum absolute atomic E-state index is 12.7. The standard InChI is InChI=1S/C34H46N4O4/c1-5-23-6-10-25(11-7-23)26-14-16-27(17-15-26)29-18-35-32(36-19-29)28-12-8-24(9-13-28)21-38(22-31(40)41)30(39)20-37-33(42)34(2,3)4/h8-9,12-13,16,18-19,23,25-26H,5-7,10-11,14-15,17,20-22H2,1-4H3,(H,37,42)(H,40,41). The quantitative estimate of drug-likeness (QED) is 0.354. The molecule has 0 aliphatic heterocycles. The van der Waals surface area contributed by atoms with Crippen LogP contribution < -0.4 is 5.32 Å². The lowest BCUT2D eigenvalue weighted by molar-refractivity contribution is -0.145. The van der Waals surface area contributed by atoms with E-state index in [-0.39, 0.29) is 19.0 Å². The lowest BCUT2D eigenvalue weighted by Gasteiger charge is -2.35. The van der Waals surface area contributed by atoms with Gasteiger partial charge in [-0.3, -0.25) is 14.4 Å². The van der Waals surface area contributed by atoms with Gasteiger partial charge in [-0.25, -0.2) is 9.97 Å². The average molecular weight is 575 g/mol. The number of nitrogens with one attached hydrogen (secondary N) is 1. The topological polar surface area (TPSA) is 112 Å². The highest BCUT2D eigenvalue weighted by Crippen LogP contribution is 2.41. The number of hydrogen-bond donors (Lipinski definition) is 2. The van der Waals surface area contributed by atoms with Crippen LogP contribution in [0.4, 0.5) is 0 Å². The predicted octanol–water partition coefficient (Wildman–Crippen LogP) is 6.12. The molecule has 1 aromatic heterocycles. The summed E-state index contributed by atoms with van der Waals surface area (Å²) in [6.07, 6.45) is 16.6. The molecule has 0 radical (unpaired) electrons. The smallest absolute Gasteiger partial charge is 0.323 e. The first-order valence-corrected chi connectivity index (χ1v) is 15.4. The monoisotopic (exact) mass is 574 g/mol. The fraction of sp³-hybridized carbons (Fsp3) is 0.559. The van der Waals surface area contributed by atoms with Crippen molar-refractivity contribution in [2.75, 3.05) is 13.1 Å². The van der Waals surface area contributed by atoms with Gasteiger partial charge in [0.1, 0.15) is 6.54 Å². The van der Waals surface area contributed by atoms with Crippen molar-refractivity contribution in [2.45, 2.75) is 85.6 Å². The summed E-state index contributed by atoms with van der Waals surface area (Å²) in [6, 6.07) is 7.46. The van der Waals surface area contributed by atoms with Crippen LogP contribution in [-0.4, -0.2) is 50.8 Å². The number of aliphatic carboxylic acids is 1. The summed E-state index contributed by atoms with van der Waals surface area (Å²) >= 11 is 0. The molecule has 1 aromatic carbocycles. The molecule has 1 heterocycles. The van der Waals surface area contributed by atoms with Crippen LogP contribution in [0.2, 0.25) is 0 Å². The second-order valence-electron chi connectivity index (χ2n) is 13.0. The van der Waals surface area contributed by atoms with E-state index in [9.17, 15) is 19.5 Å². The molecule has 8 heteroatoms. The van der Waals surface area contributed by atoms with Crippen molar-refractivity contribution in [1.82, 2.24) is 20.2 Å². The maximum atomic E-state index is 12.7. The molecule has 8 nitrogen and oxygen atoms in total. The number of carboxylic acid groups (broad SMARTS) is 1. The summed E-state index contributed by atoms with van der Waals surface area (Å²) in [4.78, 5) is 46.7. The van der Waals surface area contributed by atoms with E-state index >= 15 is 0 Å². The summed E-state index contributed by atoms with van der Waals surface area (Å²) in [5.41, 5.74) is 3.41. The molecule has 0 spiro atoms. The van der Waals surface area contributed by atoms with E-state index in [1.165, 1.54) is 49.0 Å². The van der Waals surface area contributed by atoms with Crippen LogP contribution in [0.3, 0.4) is 0 Å². The first kappa shape index (κ1) is 31.4. The Labute approximate surface area is 250 Å². The van der Waals surface area contributed by atoms with Crippen molar-refractivity contribution >= 4 is 23.4 Å². The predicted molar refractivity (Wildman–Crippen MR) is 164 cm³/mol. The maximum Gasteiger partial charge on any atom is 0.323 e. The lowest BCUT2D eigenvalue weighted by Crippen LogP contribution is -2.44. The summed E-state index contributed by atoms with van der Waals surface area (Å²) in [6.45, 7) is 6.99. The lowest BCUT2D eigenvalue weighted by atomic mass is 9.71. The van der Waals surface area contributed by atoms with Crippen LogP contribution in [-0.2, 0) is 20.9 Å². The molecular weight excluding hydrogens is 528 g/mol. The molecule has 2 amide bonds. The molecule has 4 rings (SSSR count). The number of aromatic nitrogens is 2. The van der Waals surface area contributed by atoms with E-state index < -0.39 is 23.8 Å². The van der Waals surface area contributed by atoms with Crippen molar-refractivity contribution in [3.8, 4) is 11.4 Å². The first-order valence-electron chi connectivity index (χ1n) is 15.4. The zero-order valence-electron chi connectivity index (χ0n) is 25.6. The van der Waals surface area contributed by atoms with E-state index in [2.05, 4.69) is 28.3 Å². The third-order valence-electron chi connectivity index (χ3n) is 8.96. The number of carboxylic acids is 1. The molecular formula is C34H46N4O4. The number of carbonyl (C=O) groups is 3. The molecule has 1 fully saturated rings.